The Morgan fingerprint density at radius 3 is 2.00 bits per heavy atom. The zero-order valence-corrected chi connectivity index (χ0v) is 9.65. The van der Waals surface area contributed by atoms with Gasteiger partial charge in [0.25, 0.3) is 0 Å². The Morgan fingerprint density at radius 1 is 1.12 bits per heavy atom. The first-order valence-corrected chi connectivity index (χ1v) is 5.14. The van der Waals surface area contributed by atoms with E-state index in [4.69, 9.17) is 0 Å². The molecule has 1 rings (SSSR count). The summed E-state index contributed by atoms with van der Waals surface area (Å²) < 4.78 is 38.4. The highest BCUT2D eigenvalue weighted by atomic mass is 19.4. The first-order valence-electron chi connectivity index (χ1n) is 5.14. The van der Waals surface area contributed by atoms with E-state index in [9.17, 15) is 13.2 Å². The lowest BCUT2D eigenvalue weighted by Crippen LogP contribution is -2.30. The van der Waals surface area contributed by atoms with E-state index in [1.807, 2.05) is 19.9 Å². The maximum atomic E-state index is 12.8. The lowest BCUT2D eigenvalue weighted by Gasteiger charge is -2.21. The largest absolute Gasteiger partial charge is 0.396 e. The van der Waals surface area contributed by atoms with Crippen LogP contribution in [0.25, 0.3) is 0 Å². The standard InChI is InChI=1S/C12H16F3N/c1-8-4-9(2)6-10(5-8)11(7-16-3)12(13,14)15/h4-6,11,16H,7H2,1-3H3. The lowest BCUT2D eigenvalue weighted by molar-refractivity contribution is -0.149. The molecule has 16 heavy (non-hydrogen) atoms. The van der Waals surface area contributed by atoms with E-state index in [0.29, 0.717) is 5.56 Å². The van der Waals surface area contributed by atoms with Crippen LogP contribution in [0.5, 0.6) is 0 Å². The van der Waals surface area contributed by atoms with Crippen LogP contribution in [0.2, 0.25) is 0 Å². The molecule has 0 fully saturated rings. The Bertz CT molecular complexity index is 338. The highest BCUT2D eigenvalue weighted by Gasteiger charge is 2.40. The van der Waals surface area contributed by atoms with Gasteiger partial charge in [-0.15, -0.1) is 0 Å². The third kappa shape index (κ3) is 3.23. The van der Waals surface area contributed by atoms with E-state index in [1.165, 1.54) is 7.05 Å². The predicted molar refractivity (Wildman–Crippen MR) is 58.6 cm³/mol. The van der Waals surface area contributed by atoms with Crippen LogP contribution in [0.4, 0.5) is 13.2 Å². The number of benzene rings is 1. The minimum Gasteiger partial charge on any atom is -0.319 e. The van der Waals surface area contributed by atoms with Crippen molar-refractivity contribution in [1.82, 2.24) is 5.32 Å². The zero-order chi connectivity index (χ0) is 12.3. The van der Waals surface area contributed by atoms with E-state index in [1.54, 1.807) is 12.1 Å². The average molecular weight is 231 g/mol. The first kappa shape index (κ1) is 13.0. The van der Waals surface area contributed by atoms with Gasteiger partial charge >= 0.3 is 6.18 Å². The van der Waals surface area contributed by atoms with Crippen LogP contribution in [-0.4, -0.2) is 19.8 Å². The van der Waals surface area contributed by atoms with E-state index in [2.05, 4.69) is 5.32 Å². The number of alkyl halides is 3. The van der Waals surface area contributed by atoms with Crippen molar-refractivity contribution in [3.8, 4) is 0 Å². The van der Waals surface area contributed by atoms with Crippen LogP contribution < -0.4 is 5.32 Å². The van der Waals surface area contributed by atoms with Gasteiger partial charge < -0.3 is 5.32 Å². The molecular weight excluding hydrogens is 215 g/mol. The molecule has 1 N–H and O–H groups in total. The molecule has 0 aliphatic heterocycles. The van der Waals surface area contributed by atoms with Crippen molar-refractivity contribution in [2.24, 2.45) is 0 Å². The van der Waals surface area contributed by atoms with E-state index < -0.39 is 12.1 Å². The summed E-state index contributed by atoms with van der Waals surface area (Å²) >= 11 is 0. The predicted octanol–water partition coefficient (Wildman–Crippen LogP) is 3.17. The molecule has 0 radical (unpaired) electrons. The van der Waals surface area contributed by atoms with Gasteiger partial charge in [-0.25, -0.2) is 0 Å². The van der Waals surface area contributed by atoms with Gasteiger partial charge in [0, 0.05) is 6.54 Å². The monoisotopic (exact) mass is 231 g/mol. The van der Waals surface area contributed by atoms with Gasteiger partial charge in [-0.05, 0) is 26.5 Å². The van der Waals surface area contributed by atoms with Crippen LogP contribution in [0, 0.1) is 13.8 Å². The number of rotatable bonds is 3. The fourth-order valence-corrected chi connectivity index (χ4v) is 1.84. The third-order valence-electron chi connectivity index (χ3n) is 2.45. The summed E-state index contributed by atoms with van der Waals surface area (Å²) in [6.45, 7) is 3.53. The quantitative estimate of drug-likeness (QED) is 0.842. The Kier molecular flexibility index (Phi) is 3.97. The second-order valence-corrected chi connectivity index (χ2v) is 4.07. The van der Waals surface area contributed by atoms with Gasteiger partial charge in [0.15, 0.2) is 0 Å². The molecule has 1 aromatic rings. The first-order chi connectivity index (χ1) is 7.34. The van der Waals surface area contributed by atoms with E-state index >= 15 is 0 Å². The fourth-order valence-electron chi connectivity index (χ4n) is 1.84. The molecule has 0 aliphatic rings. The topological polar surface area (TPSA) is 12.0 Å². The molecule has 1 unspecified atom stereocenters. The van der Waals surface area contributed by atoms with E-state index in [0.717, 1.165) is 11.1 Å². The lowest BCUT2D eigenvalue weighted by atomic mass is 9.95. The Labute approximate surface area is 93.7 Å². The normalized spacial score (nSPS) is 13.9. The van der Waals surface area contributed by atoms with Crippen molar-refractivity contribution in [3.63, 3.8) is 0 Å². The highest BCUT2D eigenvalue weighted by Crippen LogP contribution is 2.34. The van der Waals surface area contributed by atoms with Crippen molar-refractivity contribution >= 4 is 0 Å². The summed E-state index contributed by atoms with van der Waals surface area (Å²) in [6, 6.07) is 5.07. The SMILES string of the molecule is CNCC(c1cc(C)cc(C)c1)C(F)(F)F. The second-order valence-electron chi connectivity index (χ2n) is 4.07. The van der Waals surface area contributed by atoms with Crippen LogP contribution in [-0.2, 0) is 0 Å². The molecule has 1 atom stereocenters. The fraction of sp³-hybridized carbons (Fsp3) is 0.500. The molecule has 90 valence electrons. The number of halogens is 3. The summed E-state index contributed by atoms with van der Waals surface area (Å²) in [5, 5.41) is 2.59. The average Bonchev–Trinajstić information content (AvgIpc) is 2.10. The summed E-state index contributed by atoms with van der Waals surface area (Å²) in [6.07, 6.45) is -4.21. The Hall–Kier alpha value is -1.03. The Balaban J connectivity index is 3.10. The van der Waals surface area contributed by atoms with Crippen LogP contribution >= 0.6 is 0 Å². The molecule has 0 spiro atoms. The van der Waals surface area contributed by atoms with Gasteiger partial charge in [-0.2, -0.15) is 13.2 Å². The highest BCUT2D eigenvalue weighted by molar-refractivity contribution is 5.32. The zero-order valence-electron chi connectivity index (χ0n) is 9.65. The summed E-state index contributed by atoms with van der Waals surface area (Å²) in [4.78, 5) is 0. The molecule has 0 saturated carbocycles. The van der Waals surface area contributed by atoms with Crippen molar-refractivity contribution in [3.05, 3.63) is 34.9 Å². The molecule has 0 amide bonds. The molecule has 1 aromatic carbocycles. The van der Waals surface area contributed by atoms with Crippen molar-refractivity contribution in [2.45, 2.75) is 25.9 Å². The Morgan fingerprint density at radius 2 is 1.62 bits per heavy atom. The molecule has 1 nitrogen and oxygen atoms in total. The van der Waals surface area contributed by atoms with Crippen LogP contribution in [0.15, 0.2) is 18.2 Å². The number of aryl methyl sites for hydroxylation is 2. The molecule has 0 saturated heterocycles. The number of hydrogen-bond acceptors (Lipinski definition) is 1. The third-order valence-corrected chi connectivity index (χ3v) is 2.45. The van der Waals surface area contributed by atoms with Gasteiger partial charge in [0.05, 0.1) is 5.92 Å². The molecule has 0 aromatic heterocycles. The second kappa shape index (κ2) is 4.87. The van der Waals surface area contributed by atoms with E-state index in [-0.39, 0.29) is 6.54 Å². The molecule has 0 aliphatic carbocycles. The van der Waals surface area contributed by atoms with Gasteiger partial charge in [-0.1, -0.05) is 29.3 Å². The number of nitrogens with one attached hydrogen (secondary N) is 1. The summed E-state index contributed by atoms with van der Waals surface area (Å²) in [7, 11) is 1.53. The smallest absolute Gasteiger partial charge is 0.319 e. The molecule has 4 heteroatoms. The van der Waals surface area contributed by atoms with Crippen molar-refractivity contribution < 1.29 is 13.2 Å². The van der Waals surface area contributed by atoms with Crippen LogP contribution in [0.1, 0.15) is 22.6 Å². The number of likely N-dealkylation sites (N-methyl/N-ethyl adjacent to an activating group) is 1. The van der Waals surface area contributed by atoms with Gasteiger partial charge in [0.1, 0.15) is 0 Å². The minimum atomic E-state index is -4.21. The maximum absolute atomic E-state index is 12.8. The molecular formula is C12H16F3N. The molecule has 0 bridgehead atoms. The summed E-state index contributed by atoms with van der Waals surface area (Å²) in [5.41, 5.74) is 2.06. The maximum Gasteiger partial charge on any atom is 0.396 e. The molecule has 0 heterocycles. The summed E-state index contributed by atoms with van der Waals surface area (Å²) in [5.74, 6) is -1.43. The van der Waals surface area contributed by atoms with Crippen molar-refractivity contribution in [2.75, 3.05) is 13.6 Å². The minimum absolute atomic E-state index is 0.0909. The van der Waals surface area contributed by atoms with Gasteiger partial charge in [0.2, 0.25) is 0 Å². The van der Waals surface area contributed by atoms with Crippen molar-refractivity contribution in [1.29, 1.82) is 0 Å². The van der Waals surface area contributed by atoms with Crippen LogP contribution in [0.3, 0.4) is 0 Å². The van der Waals surface area contributed by atoms with Gasteiger partial charge in [-0.3, -0.25) is 0 Å². The number of hydrogen-bond donors (Lipinski definition) is 1.